The van der Waals surface area contributed by atoms with E-state index in [0.717, 1.165) is 19.3 Å². The van der Waals surface area contributed by atoms with Gasteiger partial charge in [0.2, 0.25) is 5.91 Å². The van der Waals surface area contributed by atoms with E-state index in [1.165, 1.54) is 6.42 Å². The van der Waals surface area contributed by atoms with Crippen LogP contribution >= 0.6 is 0 Å². The Labute approximate surface area is 140 Å². The van der Waals surface area contributed by atoms with Gasteiger partial charge in [-0.3, -0.25) is 4.79 Å². The van der Waals surface area contributed by atoms with Crippen LogP contribution in [0, 0.1) is 5.41 Å². The van der Waals surface area contributed by atoms with Crippen LogP contribution in [0.25, 0.3) is 0 Å². The Kier molecular flexibility index (Phi) is 14.3. The standard InChI is InChI=1S/C14H30N2O.C3H8.C2H6/c1-8-12(3,4)11(17)16-13(5,6)10-14(7,15)9-2;1-3-2;1-2/h8-10,15H2,1-7H3,(H,16,17);3H2,1-2H3;1-2H3. The minimum absolute atomic E-state index is 0.108. The summed E-state index contributed by atoms with van der Waals surface area (Å²) in [7, 11) is 0. The second kappa shape index (κ2) is 11.9. The van der Waals surface area contributed by atoms with Gasteiger partial charge in [0.25, 0.3) is 0 Å². The summed E-state index contributed by atoms with van der Waals surface area (Å²) in [4.78, 5) is 12.1. The van der Waals surface area contributed by atoms with E-state index in [-0.39, 0.29) is 22.4 Å². The summed E-state index contributed by atoms with van der Waals surface area (Å²) in [6.45, 7) is 22.4. The van der Waals surface area contributed by atoms with Gasteiger partial charge in [-0.2, -0.15) is 0 Å². The van der Waals surface area contributed by atoms with Crippen LogP contribution in [0.1, 0.15) is 102 Å². The zero-order valence-electron chi connectivity index (χ0n) is 17.3. The first kappa shape index (κ1) is 26.3. The van der Waals surface area contributed by atoms with Gasteiger partial charge >= 0.3 is 0 Å². The third-order valence-electron chi connectivity index (χ3n) is 3.60. The molecule has 0 aliphatic heterocycles. The largest absolute Gasteiger partial charge is 0.351 e. The molecular formula is C19H44N2O. The maximum absolute atomic E-state index is 12.1. The van der Waals surface area contributed by atoms with Crippen molar-refractivity contribution < 1.29 is 4.79 Å². The number of nitrogens with two attached hydrogens (primary N) is 1. The molecule has 0 fully saturated rings. The maximum atomic E-state index is 12.1. The highest BCUT2D eigenvalue weighted by Gasteiger charge is 2.33. The minimum Gasteiger partial charge on any atom is -0.351 e. The predicted molar refractivity (Wildman–Crippen MR) is 101 cm³/mol. The first-order valence-corrected chi connectivity index (χ1v) is 8.99. The predicted octanol–water partition coefficient (Wildman–Crippen LogP) is 5.28. The van der Waals surface area contributed by atoms with Crippen molar-refractivity contribution in [1.29, 1.82) is 0 Å². The Morgan fingerprint density at radius 2 is 1.27 bits per heavy atom. The van der Waals surface area contributed by atoms with Gasteiger partial charge in [0, 0.05) is 16.5 Å². The van der Waals surface area contributed by atoms with Crippen molar-refractivity contribution in [3.8, 4) is 0 Å². The summed E-state index contributed by atoms with van der Waals surface area (Å²) in [6.07, 6.45) is 3.77. The highest BCUT2D eigenvalue weighted by atomic mass is 16.2. The fourth-order valence-corrected chi connectivity index (χ4v) is 1.82. The van der Waals surface area contributed by atoms with Crippen LogP contribution < -0.4 is 11.1 Å². The summed E-state index contributed by atoms with van der Waals surface area (Å²) in [6, 6.07) is 0. The van der Waals surface area contributed by atoms with E-state index >= 15 is 0 Å². The van der Waals surface area contributed by atoms with Gasteiger partial charge < -0.3 is 11.1 Å². The number of rotatable bonds is 6. The Bertz CT molecular complexity index is 281. The molecule has 3 N–H and O–H groups in total. The molecule has 0 rings (SSSR count). The molecule has 0 aromatic rings. The molecule has 0 saturated carbocycles. The first-order valence-electron chi connectivity index (χ1n) is 8.99. The summed E-state index contributed by atoms with van der Waals surface area (Å²) < 4.78 is 0. The lowest BCUT2D eigenvalue weighted by Crippen LogP contribution is -2.54. The van der Waals surface area contributed by atoms with Crippen LogP contribution in [0.15, 0.2) is 0 Å². The average Bonchev–Trinajstić information content (AvgIpc) is 2.40. The van der Waals surface area contributed by atoms with E-state index in [9.17, 15) is 4.79 Å². The van der Waals surface area contributed by atoms with Crippen molar-refractivity contribution in [3.05, 3.63) is 0 Å². The van der Waals surface area contributed by atoms with Crippen LogP contribution in [-0.2, 0) is 4.79 Å². The third-order valence-corrected chi connectivity index (χ3v) is 3.60. The minimum atomic E-state index is -0.311. The lowest BCUT2D eigenvalue weighted by Gasteiger charge is -2.37. The van der Waals surface area contributed by atoms with Crippen molar-refractivity contribution in [2.24, 2.45) is 11.1 Å². The number of hydrogen-bond acceptors (Lipinski definition) is 2. The SMILES string of the molecule is CC.CCC.CCC(C)(N)CC(C)(C)NC(=O)C(C)(C)CC. The smallest absolute Gasteiger partial charge is 0.226 e. The second-order valence-electron chi connectivity index (χ2n) is 7.47. The van der Waals surface area contributed by atoms with Crippen LogP contribution in [0.2, 0.25) is 0 Å². The van der Waals surface area contributed by atoms with Crippen molar-refractivity contribution >= 4 is 5.91 Å². The van der Waals surface area contributed by atoms with Crippen molar-refractivity contribution in [1.82, 2.24) is 5.32 Å². The van der Waals surface area contributed by atoms with Crippen LogP contribution in [0.4, 0.5) is 0 Å². The molecule has 0 radical (unpaired) electrons. The molecule has 0 saturated heterocycles. The van der Waals surface area contributed by atoms with E-state index < -0.39 is 0 Å². The number of nitrogens with one attached hydrogen (secondary N) is 1. The highest BCUT2D eigenvalue weighted by molar-refractivity contribution is 5.82. The van der Waals surface area contributed by atoms with Crippen molar-refractivity contribution in [2.45, 2.75) is 113 Å². The molecule has 0 aliphatic carbocycles. The molecule has 0 spiro atoms. The molecule has 3 heteroatoms. The summed E-state index contributed by atoms with van der Waals surface area (Å²) in [5.41, 5.74) is 5.37. The molecule has 0 heterocycles. The average molecular weight is 317 g/mol. The second-order valence-corrected chi connectivity index (χ2v) is 7.47. The zero-order valence-corrected chi connectivity index (χ0v) is 17.3. The van der Waals surface area contributed by atoms with E-state index in [4.69, 9.17) is 5.73 Å². The lowest BCUT2D eigenvalue weighted by atomic mass is 9.82. The summed E-state index contributed by atoms with van der Waals surface area (Å²) in [5, 5.41) is 3.12. The van der Waals surface area contributed by atoms with Crippen LogP contribution in [0.5, 0.6) is 0 Å². The van der Waals surface area contributed by atoms with Crippen LogP contribution in [0.3, 0.4) is 0 Å². The van der Waals surface area contributed by atoms with Crippen LogP contribution in [-0.4, -0.2) is 17.0 Å². The number of carbonyl (C=O) groups is 1. The number of amides is 1. The monoisotopic (exact) mass is 316 g/mol. The Morgan fingerprint density at radius 1 is 0.909 bits per heavy atom. The number of carbonyl (C=O) groups excluding carboxylic acids is 1. The zero-order chi connectivity index (χ0) is 18.6. The quantitative estimate of drug-likeness (QED) is 0.700. The molecule has 0 aromatic carbocycles. The van der Waals surface area contributed by atoms with E-state index in [0.29, 0.717) is 0 Å². The molecular weight excluding hydrogens is 272 g/mol. The molecule has 0 aliphatic rings. The Morgan fingerprint density at radius 3 is 1.55 bits per heavy atom. The molecule has 1 atom stereocenters. The van der Waals surface area contributed by atoms with E-state index in [1.807, 2.05) is 55.4 Å². The van der Waals surface area contributed by atoms with E-state index in [2.05, 4.69) is 26.1 Å². The Hall–Kier alpha value is -0.570. The fourth-order valence-electron chi connectivity index (χ4n) is 1.82. The van der Waals surface area contributed by atoms with Gasteiger partial charge in [0.15, 0.2) is 0 Å². The molecule has 3 nitrogen and oxygen atoms in total. The van der Waals surface area contributed by atoms with Crippen molar-refractivity contribution in [3.63, 3.8) is 0 Å². The van der Waals surface area contributed by atoms with Gasteiger partial charge in [-0.25, -0.2) is 0 Å². The normalized spacial score (nSPS) is 13.8. The number of hydrogen-bond donors (Lipinski definition) is 2. The van der Waals surface area contributed by atoms with Gasteiger partial charge in [0.05, 0.1) is 0 Å². The highest BCUT2D eigenvalue weighted by Crippen LogP contribution is 2.25. The van der Waals surface area contributed by atoms with Crippen molar-refractivity contribution in [2.75, 3.05) is 0 Å². The summed E-state index contributed by atoms with van der Waals surface area (Å²) >= 11 is 0. The first-order chi connectivity index (χ1) is 9.87. The van der Waals surface area contributed by atoms with Gasteiger partial charge in [-0.15, -0.1) is 0 Å². The van der Waals surface area contributed by atoms with Gasteiger partial charge in [-0.05, 0) is 40.0 Å². The fraction of sp³-hybridized carbons (Fsp3) is 0.947. The molecule has 22 heavy (non-hydrogen) atoms. The molecule has 1 amide bonds. The third kappa shape index (κ3) is 13.1. The molecule has 1 unspecified atom stereocenters. The Balaban J connectivity index is -0.000000637. The maximum Gasteiger partial charge on any atom is 0.226 e. The topological polar surface area (TPSA) is 55.1 Å². The summed E-state index contributed by atoms with van der Waals surface area (Å²) in [5.74, 6) is 0.108. The van der Waals surface area contributed by atoms with Gasteiger partial charge in [0.1, 0.15) is 0 Å². The van der Waals surface area contributed by atoms with Gasteiger partial charge in [-0.1, -0.05) is 61.8 Å². The van der Waals surface area contributed by atoms with E-state index in [1.54, 1.807) is 0 Å². The lowest BCUT2D eigenvalue weighted by molar-refractivity contribution is -0.131. The molecule has 0 aromatic heterocycles. The molecule has 0 bridgehead atoms. The molecule has 136 valence electrons.